The van der Waals surface area contributed by atoms with Crippen LogP contribution in [0.4, 0.5) is 46.2 Å². The number of ether oxygens (including phenoxy) is 4. The third-order valence-corrected chi connectivity index (χ3v) is 17.4. The van der Waals surface area contributed by atoms with Crippen molar-refractivity contribution in [2.75, 3.05) is 27.9 Å². The fraction of sp³-hybridized carbons (Fsp3) is 0.205. The van der Waals surface area contributed by atoms with E-state index < -0.39 is 17.1 Å². The van der Waals surface area contributed by atoms with Crippen LogP contribution in [0.5, 0.6) is 46.5 Å². The molecule has 16 aromatic rings. The maximum atomic E-state index is 11.4. The molecule has 0 aliphatic rings. The molecule has 15 heterocycles. The number of nitrogens with zero attached hydrogens (tertiary/aromatic N) is 21. The number of amides is 1. The monoisotopic (exact) mass is 1640 g/mol. The third kappa shape index (κ3) is 23.5. The first kappa shape index (κ1) is 84.5. The summed E-state index contributed by atoms with van der Waals surface area (Å²) in [5.41, 5.74) is 13.6. The molecule has 122 heavy (non-hydrogen) atoms. The summed E-state index contributed by atoms with van der Waals surface area (Å²) in [4.78, 5) is 51.2. The van der Waals surface area contributed by atoms with Crippen LogP contribution in [0.25, 0.3) is 23.3 Å². The van der Waals surface area contributed by atoms with E-state index in [9.17, 15) is 15.0 Å². The minimum Gasteiger partial charge on any atom is -0.439 e. The summed E-state index contributed by atoms with van der Waals surface area (Å²) in [6, 6.07) is 57.0. The van der Waals surface area contributed by atoms with Crippen LogP contribution in [0.3, 0.4) is 0 Å². The first-order chi connectivity index (χ1) is 58.6. The van der Waals surface area contributed by atoms with Crippen LogP contribution in [0, 0.1) is 48.5 Å². The van der Waals surface area contributed by atoms with E-state index in [0.717, 1.165) is 63.3 Å². The average Bonchev–Trinajstić information content (AvgIpc) is 1.70. The van der Waals surface area contributed by atoms with Crippen molar-refractivity contribution in [3.8, 4) is 69.8 Å². The van der Waals surface area contributed by atoms with E-state index in [1.54, 1.807) is 178 Å². The van der Waals surface area contributed by atoms with E-state index >= 15 is 0 Å². The van der Waals surface area contributed by atoms with Gasteiger partial charge in [0.05, 0.1) is 65.7 Å². The lowest BCUT2D eigenvalue weighted by Crippen LogP contribution is -2.26. The van der Waals surface area contributed by atoms with E-state index in [1.165, 1.54) is 0 Å². The molecule has 15 aromatic heterocycles. The maximum absolute atomic E-state index is 11.4. The van der Waals surface area contributed by atoms with Gasteiger partial charge in [-0.15, -0.1) is 0 Å². The van der Waals surface area contributed by atoms with Crippen molar-refractivity contribution in [3.05, 3.63) is 294 Å². The fourth-order valence-electron chi connectivity index (χ4n) is 12.0. The second kappa shape index (κ2) is 38.3. The van der Waals surface area contributed by atoms with E-state index in [-0.39, 0.29) is 6.61 Å². The van der Waals surface area contributed by atoms with Crippen molar-refractivity contribution in [2.24, 2.45) is 5.73 Å². The SMILES string of the molecule is CCc1cccc(-n2nc(C)cc2Oc2ccnc(Nc3cccc(C(N)=O)c3)c2)n1.Cc1cccc(-n2nc(C)cc2Oc2ccnc(Nc3ccn(CC(C)(C)O)n3)c2)n1.Cc1cccc(-n2nc(C)cc2Oc2ccnc(Nc3ccnc(C(C)(C)O)c3)c2)n1.Cc1cccc(-n2nc(C)cc2Oc2ccnc(Nc3cnn(CCO)c3)c2)n1. The molecule has 34 nitrogen and oxygen atoms in total. The number of aliphatic hydroxyl groups is 3. The summed E-state index contributed by atoms with van der Waals surface area (Å²) in [6.07, 6.45) is 14.4. The van der Waals surface area contributed by atoms with Gasteiger partial charge in [0, 0.05) is 138 Å². The van der Waals surface area contributed by atoms with Crippen LogP contribution in [0.1, 0.15) is 96.2 Å². The van der Waals surface area contributed by atoms with Crippen LogP contribution in [0.15, 0.2) is 238 Å². The summed E-state index contributed by atoms with van der Waals surface area (Å²) < 4.78 is 34.4. The molecule has 16 rings (SSSR count). The summed E-state index contributed by atoms with van der Waals surface area (Å²) in [5, 5.41) is 68.5. The number of carbonyl (C=O) groups excluding carboxylic acids is 1. The molecule has 9 N–H and O–H groups in total. The van der Waals surface area contributed by atoms with Crippen LogP contribution in [-0.2, 0) is 25.1 Å². The number of primary amides is 1. The van der Waals surface area contributed by atoms with Crippen LogP contribution in [0.2, 0.25) is 0 Å². The molecular weight excluding hydrogens is 1550 g/mol. The molecule has 0 radical (unpaired) electrons. The lowest BCUT2D eigenvalue weighted by atomic mass is 10.0. The van der Waals surface area contributed by atoms with Crippen molar-refractivity contribution in [3.63, 3.8) is 0 Å². The minimum atomic E-state index is -1.03. The van der Waals surface area contributed by atoms with Gasteiger partial charge >= 0.3 is 0 Å². The van der Waals surface area contributed by atoms with E-state index in [4.69, 9.17) is 29.8 Å². The van der Waals surface area contributed by atoms with Gasteiger partial charge in [-0.1, -0.05) is 37.3 Å². The Hall–Kier alpha value is -15.4. The van der Waals surface area contributed by atoms with Gasteiger partial charge in [0.1, 0.15) is 51.9 Å². The lowest BCUT2D eigenvalue weighted by Gasteiger charge is -2.17. The number of hydrogen-bond donors (Lipinski definition) is 8. The maximum Gasteiger partial charge on any atom is 0.248 e. The Morgan fingerprint density at radius 1 is 0.418 bits per heavy atom. The van der Waals surface area contributed by atoms with Gasteiger partial charge in [0.15, 0.2) is 29.1 Å². The summed E-state index contributed by atoms with van der Waals surface area (Å²) in [7, 11) is 0. The number of carbonyl (C=O) groups is 1. The highest BCUT2D eigenvalue weighted by molar-refractivity contribution is 5.94. The number of rotatable bonds is 27. The number of aryl methyl sites for hydroxylation is 8. The molecule has 0 saturated heterocycles. The smallest absolute Gasteiger partial charge is 0.248 e. The normalized spacial score (nSPS) is 11.1. The van der Waals surface area contributed by atoms with E-state index in [1.807, 2.05) is 164 Å². The molecule has 622 valence electrons. The Morgan fingerprint density at radius 2 is 0.820 bits per heavy atom. The second-order valence-corrected chi connectivity index (χ2v) is 29.2. The molecule has 0 saturated carbocycles. The zero-order chi connectivity index (χ0) is 86.0. The fourth-order valence-corrected chi connectivity index (χ4v) is 12.0. The van der Waals surface area contributed by atoms with Gasteiger partial charge < -0.3 is 61.3 Å². The van der Waals surface area contributed by atoms with Crippen molar-refractivity contribution < 1.29 is 39.1 Å². The van der Waals surface area contributed by atoms with Gasteiger partial charge in [0.25, 0.3) is 0 Å². The molecule has 34 heteroatoms. The first-order valence-electron chi connectivity index (χ1n) is 38.8. The molecular formula is C88H92N26O8. The molecule has 0 spiro atoms. The van der Waals surface area contributed by atoms with Crippen LogP contribution < -0.4 is 45.9 Å². The molecule has 0 aliphatic heterocycles. The Morgan fingerprint density at radius 3 is 1.23 bits per heavy atom. The number of nitrogens with one attached hydrogen (secondary N) is 4. The first-order valence-corrected chi connectivity index (χ1v) is 38.8. The highest BCUT2D eigenvalue weighted by Gasteiger charge is 2.22. The average molecular weight is 1640 g/mol. The minimum absolute atomic E-state index is 0.0333. The molecule has 0 bridgehead atoms. The largest absolute Gasteiger partial charge is 0.439 e. The predicted octanol–water partition coefficient (Wildman–Crippen LogP) is 15.4. The van der Waals surface area contributed by atoms with Crippen molar-refractivity contribution in [1.82, 2.24) is 104 Å². The quantitative estimate of drug-likeness (QED) is 0.0237. The highest BCUT2D eigenvalue weighted by atomic mass is 16.5. The number of aliphatic hydroxyl groups excluding tert-OH is 1. The Kier molecular flexibility index (Phi) is 26.5. The molecule has 1 amide bonds. The zero-order valence-corrected chi connectivity index (χ0v) is 69.2. The Balaban J connectivity index is 0.000000140. The summed E-state index contributed by atoms with van der Waals surface area (Å²) >= 11 is 0. The van der Waals surface area contributed by atoms with Crippen LogP contribution >= 0.6 is 0 Å². The van der Waals surface area contributed by atoms with Gasteiger partial charge in [0.2, 0.25) is 29.4 Å². The topological polar surface area (TPSA) is 412 Å². The summed E-state index contributed by atoms with van der Waals surface area (Å²) in [5.74, 6) is 9.87. The van der Waals surface area contributed by atoms with Crippen molar-refractivity contribution in [1.29, 1.82) is 0 Å². The third-order valence-electron chi connectivity index (χ3n) is 17.4. The number of pyridine rings is 9. The number of aromatic nitrogens is 21. The number of benzene rings is 1. The van der Waals surface area contributed by atoms with Gasteiger partial charge in [-0.2, -0.15) is 49.3 Å². The molecule has 1 aromatic carbocycles. The zero-order valence-electron chi connectivity index (χ0n) is 69.2. The molecule has 0 unspecified atom stereocenters. The molecule has 0 fully saturated rings. The highest BCUT2D eigenvalue weighted by Crippen LogP contribution is 2.34. The van der Waals surface area contributed by atoms with Gasteiger partial charge in [-0.3, -0.25) is 19.1 Å². The number of hydrogen-bond acceptors (Lipinski definition) is 27. The molecule has 0 aliphatic carbocycles. The second-order valence-electron chi connectivity index (χ2n) is 29.2. The van der Waals surface area contributed by atoms with E-state index in [0.29, 0.717) is 129 Å². The number of nitrogens with two attached hydrogens (primary N) is 1. The standard InChI is InChI=1S/C23H24N6O2.C23H22N6O2.C22H25N7O2.C20H21N7O2/c1-15-6-5-7-21(26-15)29-22(12-16(2)28-29)31-18-9-11-25-20(14-18)27-17-8-10-24-19(13-17)23(3,4)30;1-3-17-7-5-9-21(27-17)29-22(12-15(2)28-29)31-19-10-11-25-20(14-19)26-18-8-4-6-16(13-18)23(24)30;1-15-6-5-7-20(24-15)29-21(12-16(2)26-29)31-17-8-10-23-19(13-17)25-18-9-11-28(27-18)14-22(3,4)30;1-14-4-3-5-19(23-14)27-20(10-15(2)25-27)29-17-6-7-21-18(11-17)24-16-12-22-26(13-16)8-9-28/h5-14,30H,1-4H3,(H,24,25,27);4-14H,3H2,1-2H3,(H2,24,30)(H,25,26);5-13,30H,14H2,1-4H3,(H,23,25,27);3-7,10-13,28H,8-9H2,1-2H3,(H,21,24). The Bertz CT molecular complexity index is 6250. The lowest BCUT2D eigenvalue weighted by molar-refractivity contribution is 0.0578. The molecule has 0 atom stereocenters. The number of anilines is 8. The Labute approximate surface area is 702 Å². The summed E-state index contributed by atoms with van der Waals surface area (Å²) in [6.45, 7) is 23.2. The van der Waals surface area contributed by atoms with Crippen molar-refractivity contribution in [2.45, 2.75) is 114 Å². The van der Waals surface area contributed by atoms with Gasteiger partial charge in [-0.25, -0.2) is 39.9 Å². The predicted molar refractivity (Wildman–Crippen MR) is 461 cm³/mol. The van der Waals surface area contributed by atoms with Gasteiger partial charge in [-0.05, 0) is 186 Å². The van der Waals surface area contributed by atoms with E-state index in [2.05, 4.69) is 104 Å². The van der Waals surface area contributed by atoms with Crippen molar-refractivity contribution >= 4 is 52.1 Å². The van der Waals surface area contributed by atoms with Crippen LogP contribution in [-0.4, -0.2) is 137 Å².